The van der Waals surface area contributed by atoms with Crippen molar-refractivity contribution < 1.29 is 37.7 Å². The van der Waals surface area contributed by atoms with Crippen LogP contribution < -0.4 is 4.74 Å². The van der Waals surface area contributed by atoms with Crippen molar-refractivity contribution in [2.75, 3.05) is 0 Å². The van der Waals surface area contributed by atoms with E-state index in [0.717, 1.165) is 17.4 Å². The van der Waals surface area contributed by atoms with Crippen LogP contribution in [0.1, 0.15) is 25.3 Å². The molecule has 1 aromatic heterocycles. The zero-order valence-electron chi connectivity index (χ0n) is 13.8. The maximum atomic E-state index is 14.7. The summed E-state index contributed by atoms with van der Waals surface area (Å²) in [7, 11) is 0. The van der Waals surface area contributed by atoms with Crippen molar-refractivity contribution in [3.8, 4) is 5.06 Å². The van der Waals surface area contributed by atoms with Crippen LogP contribution in [0.3, 0.4) is 0 Å². The standard InChI is InChI=1S/C17H12F3NO5S/c1-6-8(4-11(22)23)13-10(21-6)3-9(16(25)14(13)18)15(24)7-2-12(27-5-7)26-17(19)20/h2,5,17,24H,3-4H2,1H3,(H,22,23). The summed E-state index contributed by atoms with van der Waals surface area (Å²) in [5.74, 6) is -4.06. The highest BCUT2D eigenvalue weighted by Crippen LogP contribution is 2.40. The van der Waals surface area contributed by atoms with Gasteiger partial charge >= 0.3 is 12.6 Å². The van der Waals surface area contributed by atoms with Gasteiger partial charge in [0.2, 0.25) is 5.78 Å². The number of carbonyl (C=O) groups excluding carboxylic acids is 1. The third-order valence-corrected chi connectivity index (χ3v) is 4.85. The second-order valence-corrected chi connectivity index (χ2v) is 6.62. The fourth-order valence-electron chi connectivity index (χ4n) is 2.89. The Morgan fingerprint density at radius 2 is 2.11 bits per heavy atom. The molecule has 1 aliphatic heterocycles. The molecule has 27 heavy (non-hydrogen) atoms. The largest absolute Gasteiger partial charge is 0.507 e. The van der Waals surface area contributed by atoms with Gasteiger partial charge in [0.25, 0.3) is 0 Å². The molecule has 2 aliphatic rings. The highest BCUT2D eigenvalue weighted by molar-refractivity contribution is 7.12. The van der Waals surface area contributed by atoms with Gasteiger partial charge in [-0.2, -0.15) is 8.78 Å². The minimum absolute atomic E-state index is 0.0317. The van der Waals surface area contributed by atoms with Crippen molar-refractivity contribution >= 4 is 34.6 Å². The normalized spacial score (nSPS) is 18.9. The Morgan fingerprint density at radius 1 is 1.41 bits per heavy atom. The predicted molar refractivity (Wildman–Crippen MR) is 90.6 cm³/mol. The van der Waals surface area contributed by atoms with E-state index in [1.165, 1.54) is 12.3 Å². The predicted octanol–water partition coefficient (Wildman–Crippen LogP) is 4.02. The van der Waals surface area contributed by atoms with Crippen molar-refractivity contribution in [1.29, 1.82) is 0 Å². The summed E-state index contributed by atoms with van der Waals surface area (Å²) >= 11 is 0.782. The van der Waals surface area contributed by atoms with E-state index >= 15 is 0 Å². The van der Waals surface area contributed by atoms with Gasteiger partial charge in [0.15, 0.2) is 10.9 Å². The van der Waals surface area contributed by atoms with Crippen LogP contribution in [0, 0.1) is 0 Å². The number of alkyl halides is 2. The number of aliphatic imine (C=N–C) groups is 1. The van der Waals surface area contributed by atoms with Crippen LogP contribution in [0.25, 0.3) is 5.76 Å². The molecule has 0 amide bonds. The molecule has 0 saturated heterocycles. The van der Waals surface area contributed by atoms with Crippen molar-refractivity contribution in [3.63, 3.8) is 0 Å². The lowest BCUT2D eigenvalue weighted by Gasteiger charge is -2.18. The number of hydrogen-bond donors (Lipinski definition) is 2. The number of thiophene rings is 1. The molecule has 2 heterocycles. The van der Waals surface area contributed by atoms with Gasteiger partial charge in [-0.1, -0.05) is 0 Å². The van der Waals surface area contributed by atoms with E-state index in [1.807, 2.05) is 0 Å². The first kappa shape index (κ1) is 18.9. The summed E-state index contributed by atoms with van der Waals surface area (Å²) in [5.41, 5.74) is 0.134. The lowest BCUT2D eigenvalue weighted by molar-refractivity contribution is -0.136. The average molecular weight is 399 g/mol. The van der Waals surface area contributed by atoms with Crippen LogP contribution in [0.4, 0.5) is 13.2 Å². The number of nitrogens with zero attached hydrogens (tertiary/aromatic N) is 1. The van der Waals surface area contributed by atoms with Crippen LogP contribution in [-0.2, 0) is 9.59 Å². The number of rotatable bonds is 5. The third kappa shape index (κ3) is 3.52. The number of aliphatic carboxylic acids is 1. The van der Waals surface area contributed by atoms with Gasteiger partial charge in [-0.05, 0) is 12.5 Å². The minimum atomic E-state index is -3.04. The highest BCUT2D eigenvalue weighted by atomic mass is 32.1. The molecular formula is C17H12F3NO5S. The Balaban J connectivity index is 1.99. The Hall–Kier alpha value is -2.88. The van der Waals surface area contributed by atoms with Gasteiger partial charge in [-0.25, -0.2) is 4.39 Å². The molecule has 0 aromatic carbocycles. The molecule has 10 heteroatoms. The van der Waals surface area contributed by atoms with E-state index in [2.05, 4.69) is 9.73 Å². The quantitative estimate of drug-likeness (QED) is 0.576. The maximum absolute atomic E-state index is 14.7. The van der Waals surface area contributed by atoms with Crippen LogP contribution in [-0.4, -0.2) is 34.3 Å². The Kier molecular flexibility index (Phi) is 4.92. The Labute approximate surface area is 154 Å². The lowest BCUT2D eigenvalue weighted by Crippen LogP contribution is -2.21. The van der Waals surface area contributed by atoms with Crippen molar-refractivity contribution in [2.24, 2.45) is 4.99 Å². The fourth-order valence-corrected chi connectivity index (χ4v) is 3.63. The van der Waals surface area contributed by atoms with Gasteiger partial charge in [0.05, 0.1) is 17.7 Å². The summed E-state index contributed by atoms with van der Waals surface area (Å²) in [4.78, 5) is 27.5. The zero-order valence-corrected chi connectivity index (χ0v) is 14.6. The van der Waals surface area contributed by atoms with E-state index in [4.69, 9.17) is 5.11 Å². The molecule has 0 bridgehead atoms. The molecule has 0 radical (unpaired) electrons. The number of Topliss-reactive ketones (excluding diaryl/α,β-unsaturated/α-hetero) is 1. The molecule has 0 spiro atoms. The molecular weight excluding hydrogens is 387 g/mol. The number of carboxylic acid groups (broad SMARTS) is 1. The van der Waals surface area contributed by atoms with Crippen LogP contribution in [0.2, 0.25) is 0 Å². The van der Waals surface area contributed by atoms with Crippen molar-refractivity contribution in [1.82, 2.24) is 0 Å². The monoisotopic (exact) mass is 399 g/mol. The summed E-state index contributed by atoms with van der Waals surface area (Å²) < 4.78 is 43.4. The van der Waals surface area contributed by atoms with E-state index in [9.17, 15) is 27.9 Å². The van der Waals surface area contributed by atoms with E-state index in [0.29, 0.717) is 0 Å². The molecule has 0 fully saturated rings. The summed E-state index contributed by atoms with van der Waals surface area (Å²) in [6, 6.07) is 1.11. The van der Waals surface area contributed by atoms with Gasteiger partial charge < -0.3 is 14.9 Å². The molecule has 142 valence electrons. The number of carbonyl (C=O) groups is 2. The Bertz CT molecular complexity index is 971. The van der Waals surface area contributed by atoms with Crippen molar-refractivity contribution in [2.45, 2.75) is 26.4 Å². The second-order valence-electron chi connectivity index (χ2n) is 5.75. The first-order chi connectivity index (χ1) is 12.7. The van der Waals surface area contributed by atoms with E-state index in [-0.39, 0.29) is 45.2 Å². The number of aliphatic hydroxyl groups excluding tert-OH is 1. The average Bonchev–Trinajstić information content (AvgIpc) is 3.14. The molecule has 3 rings (SSSR count). The van der Waals surface area contributed by atoms with Gasteiger partial charge in [-0.15, -0.1) is 11.3 Å². The van der Waals surface area contributed by atoms with E-state index in [1.54, 1.807) is 0 Å². The van der Waals surface area contributed by atoms with Crippen LogP contribution in [0.5, 0.6) is 5.06 Å². The van der Waals surface area contributed by atoms with Gasteiger partial charge in [-0.3, -0.25) is 14.6 Å². The van der Waals surface area contributed by atoms with E-state index < -0.39 is 36.4 Å². The molecule has 2 N–H and O–H groups in total. The number of ketones is 1. The molecule has 1 aliphatic carbocycles. The highest BCUT2D eigenvalue weighted by Gasteiger charge is 2.37. The number of allylic oxidation sites excluding steroid dienone is 4. The summed E-state index contributed by atoms with van der Waals surface area (Å²) in [6.45, 7) is -1.54. The van der Waals surface area contributed by atoms with Gasteiger partial charge in [0, 0.05) is 34.7 Å². The molecule has 0 unspecified atom stereocenters. The zero-order chi connectivity index (χ0) is 19.9. The van der Waals surface area contributed by atoms with Crippen LogP contribution >= 0.6 is 11.3 Å². The van der Waals surface area contributed by atoms with Crippen molar-refractivity contribution in [3.05, 3.63) is 45.3 Å². The number of aliphatic hydroxyl groups is 1. The number of ether oxygens (including phenoxy) is 1. The molecule has 0 atom stereocenters. The number of carboxylic acids is 1. The molecule has 1 aromatic rings. The summed E-state index contributed by atoms with van der Waals surface area (Å²) in [6.07, 6.45) is -0.701. The SMILES string of the molecule is CC1=C(CC(=O)O)C2=C(F)C(=O)C(=C(O)c3csc(OC(F)F)c3)CC2=N1. The third-order valence-electron chi connectivity index (χ3n) is 4.03. The van der Waals surface area contributed by atoms with Gasteiger partial charge in [0.1, 0.15) is 5.76 Å². The Morgan fingerprint density at radius 3 is 2.74 bits per heavy atom. The second kappa shape index (κ2) is 7.03. The topological polar surface area (TPSA) is 96.2 Å². The summed E-state index contributed by atoms with van der Waals surface area (Å²) in [5, 5.41) is 20.4. The fraction of sp³-hybridized carbons (Fsp3) is 0.235. The lowest BCUT2D eigenvalue weighted by atomic mass is 9.85. The molecule has 6 nitrogen and oxygen atoms in total. The molecule has 0 saturated carbocycles. The smallest absolute Gasteiger partial charge is 0.388 e. The number of halogens is 3. The maximum Gasteiger partial charge on any atom is 0.388 e. The minimum Gasteiger partial charge on any atom is -0.507 e. The first-order valence-electron chi connectivity index (χ1n) is 7.59. The first-order valence-corrected chi connectivity index (χ1v) is 8.47. The number of fused-ring (bicyclic) bond motifs is 1. The van der Waals surface area contributed by atoms with Crippen LogP contribution in [0.15, 0.2) is 44.7 Å². The number of hydrogen-bond acceptors (Lipinski definition) is 6.